The lowest BCUT2D eigenvalue weighted by atomic mass is 9.96. The number of piperidine rings is 1. The fourth-order valence-electron chi connectivity index (χ4n) is 3.67. The molecule has 8 heteroatoms. The SMILES string of the molecule is O=C(NCCCc1ccc(Cl)cc1)C1CCN(Cc2nc(-c3cccs3)no2)CC1. The summed E-state index contributed by atoms with van der Waals surface area (Å²) in [5.74, 6) is 1.53. The van der Waals surface area contributed by atoms with Crippen molar-refractivity contribution in [3.05, 3.63) is 58.3 Å². The maximum Gasteiger partial charge on any atom is 0.241 e. The Bertz CT molecular complexity index is 934. The number of amides is 1. The van der Waals surface area contributed by atoms with E-state index < -0.39 is 0 Å². The van der Waals surface area contributed by atoms with Crippen molar-refractivity contribution in [2.24, 2.45) is 5.92 Å². The molecule has 30 heavy (non-hydrogen) atoms. The van der Waals surface area contributed by atoms with Gasteiger partial charge in [0.15, 0.2) is 0 Å². The predicted octanol–water partition coefficient (Wildman–Crippen LogP) is 4.41. The molecule has 3 aromatic rings. The van der Waals surface area contributed by atoms with Crippen LogP contribution in [0.15, 0.2) is 46.3 Å². The van der Waals surface area contributed by atoms with Crippen LogP contribution in [0, 0.1) is 5.92 Å². The molecule has 1 saturated heterocycles. The van der Waals surface area contributed by atoms with Gasteiger partial charge in [-0.05, 0) is 67.9 Å². The van der Waals surface area contributed by atoms with E-state index in [0.717, 1.165) is 48.7 Å². The van der Waals surface area contributed by atoms with Crippen LogP contribution in [0.25, 0.3) is 10.7 Å². The third-order valence-electron chi connectivity index (χ3n) is 5.38. The van der Waals surface area contributed by atoms with Crippen LogP contribution in [0.5, 0.6) is 0 Å². The molecule has 2 aromatic heterocycles. The second-order valence-electron chi connectivity index (χ2n) is 7.56. The van der Waals surface area contributed by atoms with Gasteiger partial charge in [-0.25, -0.2) is 0 Å². The highest BCUT2D eigenvalue weighted by atomic mass is 35.5. The molecule has 3 heterocycles. The van der Waals surface area contributed by atoms with Crippen LogP contribution < -0.4 is 5.32 Å². The second kappa shape index (κ2) is 10.2. The number of nitrogens with zero attached hydrogens (tertiary/aromatic N) is 3. The highest BCUT2D eigenvalue weighted by molar-refractivity contribution is 7.13. The van der Waals surface area contributed by atoms with Gasteiger partial charge in [-0.15, -0.1) is 11.3 Å². The highest BCUT2D eigenvalue weighted by Crippen LogP contribution is 2.23. The van der Waals surface area contributed by atoms with Crippen molar-refractivity contribution in [2.75, 3.05) is 19.6 Å². The van der Waals surface area contributed by atoms with Crippen LogP contribution in [0.2, 0.25) is 5.02 Å². The van der Waals surface area contributed by atoms with Crippen LogP contribution >= 0.6 is 22.9 Å². The Kier molecular flexibility index (Phi) is 7.15. The fourth-order valence-corrected chi connectivity index (χ4v) is 4.44. The quantitative estimate of drug-likeness (QED) is 0.521. The predicted molar refractivity (Wildman–Crippen MR) is 118 cm³/mol. The molecular weight excluding hydrogens is 420 g/mol. The molecule has 1 N–H and O–H groups in total. The molecule has 0 bridgehead atoms. The molecular formula is C22H25ClN4O2S. The van der Waals surface area contributed by atoms with Gasteiger partial charge in [-0.1, -0.05) is 35.0 Å². The van der Waals surface area contributed by atoms with Gasteiger partial charge in [0.25, 0.3) is 0 Å². The molecule has 0 aliphatic carbocycles. The molecule has 1 aliphatic rings. The number of rotatable bonds is 8. The number of halogens is 1. The molecule has 0 unspecified atom stereocenters. The van der Waals surface area contributed by atoms with Crippen LogP contribution in [-0.2, 0) is 17.8 Å². The zero-order valence-corrected chi connectivity index (χ0v) is 18.3. The van der Waals surface area contributed by atoms with Crippen LogP contribution in [-0.4, -0.2) is 40.6 Å². The van der Waals surface area contributed by atoms with E-state index in [0.29, 0.717) is 24.8 Å². The van der Waals surface area contributed by atoms with E-state index in [-0.39, 0.29) is 11.8 Å². The number of nitrogens with one attached hydrogen (secondary N) is 1. The normalized spacial score (nSPS) is 15.4. The van der Waals surface area contributed by atoms with Crippen molar-refractivity contribution in [2.45, 2.75) is 32.2 Å². The van der Waals surface area contributed by atoms with Gasteiger partial charge < -0.3 is 9.84 Å². The first-order valence-corrected chi connectivity index (χ1v) is 11.5. The summed E-state index contributed by atoms with van der Waals surface area (Å²) in [5.41, 5.74) is 1.24. The Hall–Kier alpha value is -2.22. The van der Waals surface area contributed by atoms with Crippen molar-refractivity contribution in [3.8, 4) is 10.7 Å². The van der Waals surface area contributed by atoms with Crippen molar-refractivity contribution in [3.63, 3.8) is 0 Å². The largest absolute Gasteiger partial charge is 0.356 e. The average Bonchev–Trinajstić information content (AvgIpc) is 3.45. The maximum atomic E-state index is 12.5. The number of likely N-dealkylation sites (tertiary alicyclic amines) is 1. The minimum absolute atomic E-state index is 0.0844. The Morgan fingerprint density at radius 3 is 2.77 bits per heavy atom. The topological polar surface area (TPSA) is 71.3 Å². The molecule has 1 aromatic carbocycles. The van der Waals surface area contributed by atoms with E-state index >= 15 is 0 Å². The Balaban J connectivity index is 1.15. The molecule has 0 radical (unpaired) electrons. The zero-order valence-electron chi connectivity index (χ0n) is 16.7. The monoisotopic (exact) mass is 444 g/mol. The summed E-state index contributed by atoms with van der Waals surface area (Å²) in [6, 6.07) is 11.8. The minimum Gasteiger partial charge on any atom is -0.356 e. The first-order chi connectivity index (χ1) is 14.7. The number of hydrogen-bond donors (Lipinski definition) is 1. The maximum absolute atomic E-state index is 12.5. The summed E-state index contributed by atoms with van der Waals surface area (Å²) < 4.78 is 5.39. The lowest BCUT2D eigenvalue weighted by Crippen LogP contribution is -2.40. The molecule has 1 aliphatic heterocycles. The Labute approximate surface area is 185 Å². The summed E-state index contributed by atoms with van der Waals surface area (Å²) in [6.45, 7) is 3.06. The van der Waals surface area contributed by atoms with Gasteiger partial charge in [0.1, 0.15) is 0 Å². The first-order valence-electron chi connectivity index (χ1n) is 10.3. The number of hydrogen-bond acceptors (Lipinski definition) is 6. The summed E-state index contributed by atoms with van der Waals surface area (Å²) in [4.78, 5) is 20.2. The number of benzene rings is 1. The van der Waals surface area contributed by atoms with E-state index in [1.54, 1.807) is 11.3 Å². The summed E-state index contributed by atoms with van der Waals surface area (Å²) in [5, 5.41) is 9.91. The molecule has 0 spiro atoms. The van der Waals surface area contributed by atoms with Crippen molar-refractivity contribution < 1.29 is 9.32 Å². The van der Waals surface area contributed by atoms with Crippen LogP contribution in [0.4, 0.5) is 0 Å². The van der Waals surface area contributed by atoms with Gasteiger partial charge in [0, 0.05) is 17.5 Å². The fraction of sp³-hybridized carbons (Fsp3) is 0.409. The van der Waals surface area contributed by atoms with Crippen LogP contribution in [0.3, 0.4) is 0 Å². The summed E-state index contributed by atoms with van der Waals surface area (Å²) in [6.07, 6.45) is 3.58. The van der Waals surface area contributed by atoms with E-state index in [2.05, 4.69) is 20.4 Å². The van der Waals surface area contributed by atoms with Gasteiger partial charge in [0.2, 0.25) is 17.6 Å². The second-order valence-corrected chi connectivity index (χ2v) is 8.94. The minimum atomic E-state index is 0.0844. The van der Waals surface area contributed by atoms with E-state index in [4.69, 9.17) is 16.1 Å². The zero-order chi connectivity index (χ0) is 20.8. The Morgan fingerprint density at radius 1 is 1.23 bits per heavy atom. The molecule has 4 rings (SSSR count). The van der Waals surface area contributed by atoms with E-state index in [9.17, 15) is 4.79 Å². The molecule has 1 amide bonds. The van der Waals surface area contributed by atoms with Crippen molar-refractivity contribution in [1.29, 1.82) is 0 Å². The third-order valence-corrected chi connectivity index (χ3v) is 6.50. The number of carbonyl (C=O) groups excluding carboxylic acids is 1. The van der Waals surface area contributed by atoms with Crippen LogP contribution in [0.1, 0.15) is 30.7 Å². The highest BCUT2D eigenvalue weighted by Gasteiger charge is 2.25. The standard InChI is InChI=1S/C22H25ClN4O2S/c23-18-7-5-16(6-8-18)3-1-11-24-22(28)17-9-12-27(13-10-17)15-20-25-21(26-29-20)19-4-2-14-30-19/h2,4-8,14,17H,1,3,9-13,15H2,(H,24,28). The number of aryl methyl sites for hydroxylation is 1. The number of thiophene rings is 1. The number of carbonyl (C=O) groups is 1. The molecule has 0 atom stereocenters. The van der Waals surface area contributed by atoms with Gasteiger partial charge in [-0.2, -0.15) is 4.98 Å². The molecule has 1 fully saturated rings. The molecule has 158 valence electrons. The molecule has 0 saturated carbocycles. The summed E-state index contributed by atoms with van der Waals surface area (Å²) in [7, 11) is 0. The smallest absolute Gasteiger partial charge is 0.241 e. The van der Waals surface area contributed by atoms with Gasteiger partial charge in [0.05, 0.1) is 11.4 Å². The van der Waals surface area contributed by atoms with Gasteiger partial charge >= 0.3 is 0 Å². The molecule has 6 nitrogen and oxygen atoms in total. The lowest BCUT2D eigenvalue weighted by molar-refractivity contribution is -0.126. The lowest BCUT2D eigenvalue weighted by Gasteiger charge is -2.30. The van der Waals surface area contributed by atoms with Gasteiger partial charge in [-0.3, -0.25) is 9.69 Å². The first kappa shape index (κ1) is 21.0. The summed E-state index contributed by atoms with van der Waals surface area (Å²) >= 11 is 7.50. The Morgan fingerprint density at radius 2 is 2.03 bits per heavy atom. The van der Waals surface area contributed by atoms with Crippen molar-refractivity contribution in [1.82, 2.24) is 20.4 Å². The number of aromatic nitrogens is 2. The van der Waals surface area contributed by atoms with E-state index in [1.165, 1.54) is 5.56 Å². The average molecular weight is 445 g/mol. The third kappa shape index (κ3) is 5.68. The van der Waals surface area contributed by atoms with Crippen molar-refractivity contribution >= 4 is 28.8 Å². The van der Waals surface area contributed by atoms with E-state index in [1.807, 2.05) is 41.8 Å².